The summed E-state index contributed by atoms with van der Waals surface area (Å²) in [6.07, 6.45) is 23.2. The predicted molar refractivity (Wildman–Crippen MR) is 233 cm³/mol. The van der Waals surface area contributed by atoms with Crippen LogP contribution in [0.1, 0.15) is 188 Å². The summed E-state index contributed by atoms with van der Waals surface area (Å²) in [6.45, 7) is 10.7. The average Bonchev–Trinajstić information content (AvgIpc) is 3.18. The van der Waals surface area contributed by atoms with Gasteiger partial charge in [0.1, 0.15) is 19.3 Å². The van der Waals surface area contributed by atoms with Crippen LogP contribution in [0.3, 0.4) is 0 Å². The Morgan fingerprint density at radius 1 is 0.333 bits per heavy atom. The van der Waals surface area contributed by atoms with Crippen molar-refractivity contribution in [3.8, 4) is 0 Å². The molecule has 0 atom stereocenters. The van der Waals surface area contributed by atoms with Gasteiger partial charge in [0.2, 0.25) is 35.4 Å². The third kappa shape index (κ3) is 31.5. The zero-order valence-electron chi connectivity index (χ0n) is 37.6. The Labute approximate surface area is 348 Å². The Hall–Kier alpha value is -3.18. The molecule has 12 heteroatoms. The fourth-order valence-electron chi connectivity index (χ4n) is 6.66. The number of nitrogens with one attached hydrogen (secondary N) is 2. The number of carbonyl (C=O) groups excluding carboxylic acids is 6. The number of nitrogens with zero attached hydrogens (tertiary/aromatic N) is 4. The third-order valence-corrected chi connectivity index (χ3v) is 10.7. The van der Waals surface area contributed by atoms with Crippen LogP contribution in [0.2, 0.25) is 0 Å². The van der Waals surface area contributed by atoms with Crippen molar-refractivity contribution in [3.05, 3.63) is 0 Å². The highest BCUT2D eigenvalue weighted by Crippen LogP contribution is 2.10. The molecule has 12 nitrogen and oxygen atoms in total. The quantitative estimate of drug-likeness (QED) is 0.0486. The average molecular weight is 807 g/mol. The molecule has 57 heavy (non-hydrogen) atoms. The molecule has 0 aliphatic heterocycles. The normalized spacial score (nSPS) is 10.9. The number of amides is 6. The fraction of sp³-hybridized carbons (Fsp3) is 0.867. The van der Waals surface area contributed by atoms with Crippen molar-refractivity contribution in [1.29, 1.82) is 0 Å². The summed E-state index contributed by atoms with van der Waals surface area (Å²) >= 11 is 0. The van der Waals surface area contributed by atoms with Crippen LogP contribution >= 0.6 is 0 Å². The maximum atomic E-state index is 13.3. The number of carbonyl (C=O) groups is 6. The minimum atomic E-state index is -0.241. The molecule has 0 saturated carbocycles. The monoisotopic (exact) mass is 807 g/mol. The zero-order valence-corrected chi connectivity index (χ0v) is 37.6. The van der Waals surface area contributed by atoms with Gasteiger partial charge < -0.3 is 30.2 Å². The van der Waals surface area contributed by atoms with E-state index in [1.54, 1.807) is 35.8 Å². The van der Waals surface area contributed by atoms with Crippen LogP contribution in [-0.2, 0) is 28.8 Å². The van der Waals surface area contributed by atoms with E-state index >= 15 is 0 Å². The number of unbranched alkanes of at least 4 members (excludes halogenated alkanes) is 18. The Morgan fingerprint density at radius 3 is 0.947 bits per heavy atom. The molecule has 0 aliphatic carbocycles. The van der Waals surface area contributed by atoms with Crippen LogP contribution < -0.4 is 10.6 Å². The lowest BCUT2D eigenvalue weighted by atomic mass is 10.1. The first-order chi connectivity index (χ1) is 27.5. The molecule has 0 fully saturated rings. The van der Waals surface area contributed by atoms with Crippen molar-refractivity contribution in [3.63, 3.8) is 0 Å². The van der Waals surface area contributed by atoms with Crippen LogP contribution in [0.4, 0.5) is 0 Å². The molecule has 0 bridgehead atoms. The fourth-order valence-corrected chi connectivity index (χ4v) is 6.66. The summed E-state index contributed by atoms with van der Waals surface area (Å²) in [4.78, 5) is 82.5. The van der Waals surface area contributed by atoms with Gasteiger partial charge in [-0.1, -0.05) is 124 Å². The van der Waals surface area contributed by atoms with E-state index in [2.05, 4.69) is 31.4 Å². The van der Waals surface area contributed by atoms with Gasteiger partial charge in [0.15, 0.2) is 0 Å². The Balaban J connectivity index is 4.63. The zero-order chi connectivity index (χ0) is 42.5. The second kappa shape index (κ2) is 37.1. The summed E-state index contributed by atoms with van der Waals surface area (Å²) in [5.41, 5.74) is 0. The highest BCUT2D eigenvalue weighted by Gasteiger charge is 2.20. The molecule has 0 spiro atoms. The molecule has 0 aliphatic rings. The molecule has 0 rings (SSSR count). The van der Waals surface area contributed by atoms with Crippen LogP contribution in [0.5, 0.6) is 0 Å². The summed E-state index contributed by atoms with van der Waals surface area (Å²) < 4.78 is 0. The van der Waals surface area contributed by atoms with Gasteiger partial charge in [0.05, 0.1) is 0 Å². The van der Waals surface area contributed by atoms with E-state index < -0.39 is 0 Å². The van der Waals surface area contributed by atoms with E-state index in [0.717, 1.165) is 96.3 Å². The summed E-state index contributed by atoms with van der Waals surface area (Å²) in [6, 6.07) is 0. The maximum Gasteiger partial charge on any atom is 0.232 e. The Morgan fingerprint density at radius 2 is 0.614 bits per heavy atom. The van der Waals surface area contributed by atoms with E-state index in [0.29, 0.717) is 45.8 Å². The third-order valence-electron chi connectivity index (χ3n) is 10.7. The Kier molecular flexibility index (Phi) is 35.0. The first-order valence-corrected chi connectivity index (χ1v) is 23.0. The minimum absolute atomic E-state index is 0.122. The second-order valence-electron chi connectivity index (χ2n) is 16.1. The first kappa shape index (κ1) is 53.8. The molecular weight excluding hydrogens is 721 g/mol. The van der Waals surface area contributed by atoms with E-state index in [1.165, 1.54) is 51.4 Å². The van der Waals surface area contributed by atoms with Crippen LogP contribution in [0, 0.1) is 0 Å². The van der Waals surface area contributed by atoms with Gasteiger partial charge in [-0.05, 0) is 44.9 Å². The molecule has 6 amide bonds. The van der Waals surface area contributed by atoms with Gasteiger partial charge in [0.25, 0.3) is 0 Å². The summed E-state index contributed by atoms with van der Waals surface area (Å²) in [7, 11) is 5.31. The van der Waals surface area contributed by atoms with Gasteiger partial charge >= 0.3 is 0 Å². The molecule has 2 N–H and O–H groups in total. The van der Waals surface area contributed by atoms with Crippen LogP contribution in [0.25, 0.3) is 0 Å². The van der Waals surface area contributed by atoms with E-state index in [9.17, 15) is 28.8 Å². The van der Waals surface area contributed by atoms with Gasteiger partial charge in [0, 0.05) is 67.0 Å². The van der Waals surface area contributed by atoms with Gasteiger partial charge in [-0.3, -0.25) is 28.8 Å². The molecule has 0 radical (unpaired) electrons. The topological polar surface area (TPSA) is 139 Å². The van der Waals surface area contributed by atoms with Crippen LogP contribution in [-0.4, -0.2) is 122 Å². The molecule has 0 heterocycles. The molecule has 0 aromatic carbocycles. The molecule has 0 aromatic heterocycles. The highest BCUT2D eigenvalue weighted by molar-refractivity contribution is 5.97. The molecule has 0 unspecified atom stereocenters. The summed E-state index contributed by atoms with van der Waals surface area (Å²) in [5, 5.41) is 5.75. The van der Waals surface area contributed by atoms with Crippen molar-refractivity contribution >= 4 is 35.4 Å². The lowest BCUT2D eigenvalue weighted by Crippen LogP contribution is -2.38. The lowest BCUT2D eigenvalue weighted by Gasteiger charge is -2.24. The van der Waals surface area contributed by atoms with Crippen molar-refractivity contribution < 1.29 is 28.8 Å². The maximum absolute atomic E-state index is 13.3. The first-order valence-electron chi connectivity index (χ1n) is 23.0. The number of hydrogen-bond donors (Lipinski definition) is 2. The predicted octanol–water partition coefficient (Wildman–Crippen LogP) is 7.62. The largest absolute Gasteiger partial charge is 0.356 e. The molecular formula is C45H86N6O6. The lowest BCUT2D eigenvalue weighted by molar-refractivity contribution is -0.140. The SMILES string of the molecule is CCCCCCCN(C)C(=O)CC(=O)NCCCCCCN(CCCCCCNC(=O)CC(=O)N(C)CCCCCCC)C(=O)CC(=O)N(C)CCCCCCC. The van der Waals surface area contributed by atoms with E-state index in [4.69, 9.17) is 0 Å². The number of hydrogen-bond acceptors (Lipinski definition) is 6. The molecule has 332 valence electrons. The van der Waals surface area contributed by atoms with Crippen molar-refractivity contribution in [2.75, 3.05) is 67.0 Å². The second-order valence-corrected chi connectivity index (χ2v) is 16.1. The smallest absolute Gasteiger partial charge is 0.232 e. The standard InChI is InChI=1S/C45H86N6O6/c1-7-10-13-18-25-32-48(4)42(54)37-40(52)46-30-23-16-21-28-35-51(45(57)39-44(56)50(6)34-27-20-15-12-9-3)36-29-22-17-24-31-47-41(53)38-43(55)49(5)33-26-19-14-11-8-2/h7-39H2,1-6H3,(H,46,52)(H,47,53). The molecule has 0 saturated heterocycles. The Bertz CT molecular complexity index is 1030. The van der Waals surface area contributed by atoms with Crippen molar-refractivity contribution in [2.45, 2.75) is 188 Å². The highest BCUT2D eigenvalue weighted by atomic mass is 16.2. The minimum Gasteiger partial charge on any atom is -0.356 e. The van der Waals surface area contributed by atoms with Crippen LogP contribution in [0.15, 0.2) is 0 Å². The van der Waals surface area contributed by atoms with Crippen molar-refractivity contribution in [2.24, 2.45) is 0 Å². The van der Waals surface area contributed by atoms with E-state index in [1.807, 2.05) is 4.90 Å². The van der Waals surface area contributed by atoms with Gasteiger partial charge in [-0.15, -0.1) is 0 Å². The summed E-state index contributed by atoms with van der Waals surface area (Å²) in [5.74, 6) is -1.05. The van der Waals surface area contributed by atoms with Crippen molar-refractivity contribution in [1.82, 2.24) is 30.2 Å². The number of rotatable bonds is 38. The van der Waals surface area contributed by atoms with Gasteiger partial charge in [-0.25, -0.2) is 0 Å². The molecule has 0 aromatic rings. The van der Waals surface area contributed by atoms with E-state index in [-0.39, 0.29) is 54.7 Å². The van der Waals surface area contributed by atoms with Gasteiger partial charge in [-0.2, -0.15) is 0 Å².